The SMILES string of the molecule is CCc1nnc(NC(=O)COCc2cc(-c3ccc(F)cc3)on2)s1. The van der Waals surface area contributed by atoms with E-state index in [1.807, 2.05) is 6.92 Å². The van der Waals surface area contributed by atoms with Gasteiger partial charge < -0.3 is 9.26 Å². The van der Waals surface area contributed by atoms with Crippen LogP contribution in [-0.4, -0.2) is 27.9 Å². The fourth-order valence-electron chi connectivity index (χ4n) is 1.98. The van der Waals surface area contributed by atoms with Crippen LogP contribution < -0.4 is 5.32 Å². The molecule has 130 valence electrons. The molecule has 1 aromatic carbocycles. The van der Waals surface area contributed by atoms with Gasteiger partial charge >= 0.3 is 0 Å². The summed E-state index contributed by atoms with van der Waals surface area (Å²) in [7, 11) is 0. The van der Waals surface area contributed by atoms with E-state index in [9.17, 15) is 9.18 Å². The zero-order valence-electron chi connectivity index (χ0n) is 13.4. The lowest BCUT2D eigenvalue weighted by Gasteiger charge is -2.01. The summed E-state index contributed by atoms with van der Waals surface area (Å²) in [5.74, 6) is -0.135. The van der Waals surface area contributed by atoms with Gasteiger partial charge in [-0.1, -0.05) is 23.4 Å². The van der Waals surface area contributed by atoms with Gasteiger partial charge in [0.15, 0.2) is 5.76 Å². The van der Waals surface area contributed by atoms with E-state index in [-0.39, 0.29) is 24.9 Å². The van der Waals surface area contributed by atoms with Gasteiger partial charge in [-0.15, -0.1) is 10.2 Å². The van der Waals surface area contributed by atoms with Gasteiger partial charge in [0.25, 0.3) is 5.91 Å². The minimum atomic E-state index is -0.320. The molecule has 3 aromatic rings. The highest BCUT2D eigenvalue weighted by Gasteiger charge is 2.10. The average molecular weight is 362 g/mol. The molecule has 0 aliphatic carbocycles. The van der Waals surface area contributed by atoms with Crippen LogP contribution in [0, 0.1) is 5.82 Å². The normalized spacial score (nSPS) is 10.8. The molecule has 1 amide bonds. The van der Waals surface area contributed by atoms with Gasteiger partial charge in [-0.05, 0) is 30.7 Å². The van der Waals surface area contributed by atoms with Crippen molar-refractivity contribution in [3.8, 4) is 11.3 Å². The summed E-state index contributed by atoms with van der Waals surface area (Å²) in [6, 6.07) is 7.57. The van der Waals surface area contributed by atoms with Crippen LogP contribution in [0.4, 0.5) is 9.52 Å². The Morgan fingerprint density at radius 1 is 1.32 bits per heavy atom. The van der Waals surface area contributed by atoms with E-state index in [1.54, 1.807) is 18.2 Å². The van der Waals surface area contributed by atoms with E-state index in [1.165, 1.54) is 23.5 Å². The highest BCUT2D eigenvalue weighted by molar-refractivity contribution is 7.15. The standard InChI is InChI=1S/C16H15FN4O3S/c1-2-15-19-20-16(25-15)18-14(22)9-23-8-12-7-13(24-21-12)10-3-5-11(17)6-4-10/h3-7H,2,8-9H2,1H3,(H,18,20,22). The van der Waals surface area contributed by atoms with E-state index in [4.69, 9.17) is 9.26 Å². The Morgan fingerprint density at radius 2 is 2.12 bits per heavy atom. The molecule has 2 heterocycles. The number of ether oxygens (including phenoxy) is 1. The summed E-state index contributed by atoms with van der Waals surface area (Å²) < 4.78 is 23.4. The average Bonchev–Trinajstić information content (AvgIpc) is 3.25. The number of hydrogen-bond donors (Lipinski definition) is 1. The summed E-state index contributed by atoms with van der Waals surface area (Å²) in [6.07, 6.45) is 0.770. The van der Waals surface area contributed by atoms with Crippen molar-refractivity contribution < 1.29 is 18.4 Å². The van der Waals surface area contributed by atoms with Gasteiger partial charge in [0.2, 0.25) is 5.13 Å². The van der Waals surface area contributed by atoms with Crippen molar-refractivity contribution in [1.82, 2.24) is 15.4 Å². The van der Waals surface area contributed by atoms with Crippen molar-refractivity contribution in [2.24, 2.45) is 0 Å². The summed E-state index contributed by atoms with van der Waals surface area (Å²) in [5.41, 5.74) is 1.25. The fraction of sp³-hybridized carbons (Fsp3) is 0.250. The number of carbonyl (C=O) groups is 1. The summed E-state index contributed by atoms with van der Waals surface area (Å²) in [5, 5.41) is 15.6. The van der Waals surface area contributed by atoms with Crippen LogP contribution in [0.5, 0.6) is 0 Å². The number of hydrogen-bond acceptors (Lipinski definition) is 7. The van der Waals surface area contributed by atoms with Crippen LogP contribution in [0.2, 0.25) is 0 Å². The Kier molecular flexibility index (Phi) is 5.46. The molecule has 0 bridgehead atoms. The van der Waals surface area contributed by atoms with Crippen LogP contribution in [0.25, 0.3) is 11.3 Å². The predicted octanol–water partition coefficient (Wildman–Crippen LogP) is 3.05. The molecule has 25 heavy (non-hydrogen) atoms. The molecule has 7 nitrogen and oxygen atoms in total. The Labute approximate surface area is 146 Å². The van der Waals surface area contributed by atoms with Crippen LogP contribution in [0.1, 0.15) is 17.6 Å². The van der Waals surface area contributed by atoms with E-state index in [0.29, 0.717) is 22.1 Å². The van der Waals surface area contributed by atoms with Gasteiger partial charge in [0.1, 0.15) is 23.1 Å². The Bertz CT molecular complexity index is 847. The predicted molar refractivity (Wildman–Crippen MR) is 89.5 cm³/mol. The largest absolute Gasteiger partial charge is 0.365 e. The summed E-state index contributed by atoms with van der Waals surface area (Å²) in [6.45, 7) is 1.95. The smallest absolute Gasteiger partial charge is 0.252 e. The van der Waals surface area contributed by atoms with Crippen LogP contribution in [0.15, 0.2) is 34.9 Å². The topological polar surface area (TPSA) is 90.1 Å². The van der Waals surface area contributed by atoms with E-state index in [0.717, 1.165) is 11.4 Å². The summed E-state index contributed by atoms with van der Waals surface area (Å²) in [4.78, 5) is 11.8. The molecular weight excluding hydrogens is 347 g/mol. The lowest BCUT2D eigenvalue weighted by Crippen LogP contribution is -2.18. The maximum Gasteiger partial charge on any atom is 0.252 e. The first-order valence-corrected chi connectivity index (χ1v) is 8.37. The number of anilines is 1. The second-order valence-corrected chi connectivity index (χ2v) is 6.15. The Morgan fingerprint density at radius 3 is 2.84 bits per heavy atom. The van der Waals surface area contributed by atoms with Crippen molar-refractivity contribution >= 4 is 22.4 Å². The van der Waals surface area contributed by atoms with Gasteiger partial charge in [-0.25, -0.2) is 4.39 Å². The van der Waals surface area contributed by atoms with E-state index < -0.39 is 0 Å². The lowest BCUT2D eigenvalue weighted by atomic mass is 10.1. The molecule has 0 radical (unpaired) electrons. The molecule has 0 fully saturated rings. The third-order valence-electron chi connectivity index (χ3n) is 3.19. The zero-order chi connectivity index (χ0) is 17.6. The maximum absolute atomic E-state index is 12.9. The van der Waals surface area contributed by atoms with Crippen molar-refractivity contribution in [3.63, 3.8) is 0 Å². The fourth-order valence-corrected chi connectivity index (χ4v) is 2.68. The van der Waals surface area contributed by atoms with Gasteiger partial charge in [-0.3, -0.25) is 10.1 Å². The minimum absolute atomic E-state index is 0.119. The quantitative estimate of drug-likeness (QED) is 0.695. The lowest BCUT2D eigenvalue weighted by molar-refractivity contribution is -0.121. The molecular formula is C16H15FN4O3S. The Hall–Kier alpha value is -2.65. The second kappa shape index (κ2) is 7.95. The van der Waals surface area contributed by atoms with Crippen LogP contribution >= 0.6 is 11.3 Å². The van der Waals surface area contributed by atoms with Gasteiger partial charge in [0, 0.05) is 11.6 Å². The van der Waals surface area contributed by atoms with E-state index in [2.05, 4.69) is 20.7 Å². The number of halogens is 1. The Balaban J connectivity index is 1.47. The minimum Gasteiger partial charge on any atom is -0.365 e. The molecule has 0 spiro atoms. The van der Waals surface area contributed by atoms with Gasteiger partial charge in [0.05, 0.1) is 6.61 Å². The molecule has 0 aliphatic rings. The molecule has 3 rings (SSSR count). The van der Waals surface area contributed by atoms with Crippen LogP contribution in [0.3, 0.4) is 0 Å². The monoisotopic (exact) mass is 362 g/mol. The number of benzene rings is 1. The number of carbonyl (C=O) groups excluding carboxylic acids is 1. The molecule has 0 aliphatic heterocycles. The van der Waals surface area contributed by atoms with Crippen molar-refractivity contribution in [3.05, 3.63) is 46.9 Å². The van der Waals surface area contributed by atoms with Crippen molar-refractivity contribution in [2.75, 3.05) is 11.9 Å². The van der Waals surface area contributed by atoms with Crippen LogP contribution in [-0.2, 0) is 22.6 Å². The third-order valence-corrected chi connectivity index (χ3v) is 4.17. The maximum atomic E-state index is 12.9. The molecule has 2 aromatic heterocycles. The first kappa shape index (κ1) is 17.2. The molecule has 0 saturated carbocycles. The first-order valence-electron chi connectivity index (χ1n) is 7.55. The molecule has 1 N–H and O–H groups in total. The third kappa shape index (κ3) is 4.68. The van der Waals surface area contributed by atoms with E-state index >= 15 is 0 Å². The molecule has 9 heteroatoms. The second-order valence-electron chi connectivity index (χ2n) is 5.08. The molecule has 0 atom stereocenters. The number of amides is 1. The number of aryl methyl sites for hydroxylation is 1. The molecule has 0 saturated heterocycles. The van der Waals surface area contributed by atoms with Crippen molar-refractivity contribution in [2.45, 2.75) is 20.0 Å². The van der Waals surface area contributed by atoms with Crippen molar-refractivity contribution in [1.29, 1.82) is 0 Å². The molecule has 0 unspecified atom stereocenters. The zero-order valence-corrected chi connectivity index (χ0v) is 14.2. The highest BCUT2D eigenvalue weighted by atomic mass is 32.1. The number of aromatic nitrogens is 3. The summed E-state index contributed by atoms with van der Waals surface area (Å²) >= 11 is 1.33. The number of nitrogens with one attached hydrogen (secondary N) is 1. The van der Waals surface area contributed by atoms with Gasteiger partial charge in [-0.2, -0.15) is 0 Å². The first-order chi connectivity index (χ1) is 12.1. The highest BCUT2D eigenvalue weighted by Crippen LogP contribution is 2.21. The number of nitrogens with zero attached hydrogens (tertiary/aromatic N) is 3. The number of rotatable bonds is 7.